The van der Waals surface area contributed by atoms with Crippen molar-refractivity contribution in [2.24, 2.45) is 0 Å². The van der Waals surface area contributed by atoms with Crippen LogP contribution in [0.25, 0.3) is 0 Å². The van der Waals surface area contributed by atoms with Crippen LogP contribution in [0.2, 0.25) is 5.02 Å². The maximum Gasteiger partial charge on any atom is 0.232 e. The summed E-state index contributed by atoms with van der Waals surface area (Å²) in [4.78, 5) is 12.4. The van der Waals surface area contributed by atoms with Crippen LogP contribution in [0, 0.1) is 10.5 Å². The molecule has 0 aliphatic carbocycles. The van der Waals surface area contributed by atoms with Crippen LogP contribution in [0.1, 0.15) is 11.1 Å². The summed E-state index contributed by atoms with van der Waals surface area (Å²) >= 11 is 8.21. The highest BCUT2D eigenvalue weighted by atomic mass is 127. The molecular weight excluding hydrogens is 461 g/mol. The third-order valence-electron chi connectivity index (χ3n) is 3.60. The number of hydrogen-bond donors (Lipinski definition) is 0. The van der Waals surface area contributed by atoms with Gasteiger partial charge in [0, 0.05) is 15.0 Å². The first kappa shape index (κ1) is 19.2. The van der Waals surface area contributed by atoms with E-state index in [9.17, 15) is 13.2 Å². The van der Waals surface area contributed by atoms with Gasteiger partial charge in [-0.1, -0.05) is 23.7 Å². The van der Waals surface area contributed by atoms with Crippen molar-refractivity contribution < 1.29 is 13.2 Å². The van der Waals surface area contributed by atoms with Crippen LogP contribution >= 0.6 is 34.2 Å². The van der Waals surface area contributed by atoms with Crippen LogP contribution in [-0.4, -0.2) is 27.0 Å². The Labute approximate surface area is 161 Å². The SMILES string of the molecule is Cc1c(Cl)cccc1CC(=O)CN(c1ccc(I)cc1)S(C)(=O)=O. The molecule has 0 bridgehead atoms. The zero-order chi connectivity index (χ0) is 17.9. The Morgan fingerprint density at radius 1 is 1.17 bits per heavy atom. The van der Waals surface area contributed by atoms with Crippen LogP contribution in [0.5, 0.6) is 0 Å². The van der Waals surface area contributed by atoms with Gasteiger partial charge in [0.05, 0.1) is 18.5 Å². The van der Waals surface area contributed by atoms with E-state index in [4.69, 9.17) is 11.6 Å². The predicted molar refractivity (Wildman–Crippen MR) is 106 cm³/mol. The molecule has 2 aromatic rings. The van der Waals surface area contributed by atoms with Gasteiger partial charge >= 0.3 is 0 Å². The molecule has 0 aliphatic heterocycles. The summed E-state index contributed by atoms with van der Waals surface area (Å²) in [6.45, 7) is 1.64. The molecule has 0 heterocycles. The Bertz CT molecular complexity index is 851. The molecule has 7 heteroatoms. The summed E-state index contributed by atoms with van der Waals surface area (Å²) in [5.41, 5.74) is 2.13. The molecule has 0 saturated heterocycles. The van der Waals surface area contributed by atoms with E-state index in [0.29, 0.717) is 10.7 Å². The normalized spacial score (nSPS) is 11.3. The molecule has 0 aromatic heterocycles. The standard InChI is InChI=1S/C17H17ClINO3S/c1-12-13(4-3-5-17(12)18)10-16(21)11-20(24(2,22)23)15-8-6-14(19)7-9-15/h3-9H,10-11H2,1-2H3. The molecule has 128 valence electrons. The van der Waals surface area contributed by atoms with Crippen molar-refractivity contribution in [2.45, 2.75) is 13.3 Å². The molecule has 0 atom stereocenters. The maximum absolute atomic E-state index is 12.4. The van der Waals surface area contributed by atoms with Crippen molar-refractivity contribution in [1.29, 1.82) is 0 Å². The van der Waals surface area contributed by atoms with Crippen molar-refractivity contribution in [3.8, 4) is 0 Å². The number of carbonyl (C=O) groups is 1. The van der Waals surface area contributed by atoms with Gasteiger partial charge in [-0.15, -0.1) is 0 Å². The van der Waals surface area contributed by atoms with E-state index in [1.165, 1.54) is 0 Å². The number of hydrogen-bond acceptors (Lipinski definition) is 3. The molecule has 0 saturated carbocycles. The minimum atomic E-state index is -3.55. The van der Waals surface area contributed by atoms with E-state index in [1.807, 2.05) is 13.0 Å². The third-order valence-corrected chi connectivity index (χ3v) is 5.87. The largest absolute Gasteiger partial charge is 0.297 e. The van der Waals surface area contributed by atoms with Crippen molar-refractivity contribution in [3.05, 3.63) is 62.2 Å². The Morgan fingerprint density at radius 3 is 2.38 bits per heavy atom. The third kappa shape index (κ3) is 4.94. The number of anilines is 1. The lowest BCUT2D eigenvalue weighted by molar-refractivity contribution is -0.117. The first-order valence-electron chi connectivity index (χ1n) is 7.17. The highest BCUT2D eigenvalue weighted by Gasteiger charge is 2.21. The molecule has 2 aromatic carbocycles. The number of carbonyl (C=O) groups excluding carboxylic acids is 1. The van der Waals surface area contributed by atoms with E-state index < -0.39 is 10.0 Å². The van der Waals surface area contributed by atoms with E-state index in [2.05, 4.69) is 22.6 Å². The lowest BCUT2D eigenvalue weighted by atomic mass is 10.0. The monoisotopic (exact) mass is 477 g/mol. The number of nitrogens with zero attached hydrogens (tertiary/aromatic N) is 1. The second kappa shape index (κ2) is 7.84. The van der Waals surface area contributed by atoms with Crippen LogP contribution in [-0.2, 0) is 21.2 Å². The van der Waals surface area contributed by atoms with Crippen LogP contribution in [0.4, 0.5) is 5.69 Å². The smallest absolute Gasteiger partial charge is 0.232 e. The predicted octanol–water partition coefficient (Wildman–Crippen LogP) is 3.83. The zero-order valence-electron chi connectivity index (χ0n) is 13.3. The fourth-order valence-corrected chi connectivity index (χ4v) is 3.72. The molecular formula is C17H17ClINO3S. The molecule has 0 N–H and O–H groups in total. The number of rotatable bonds is 6. The summed E-state index contributed by atoms with van der Waals surface area (Å²) in [5, 5.41) is 0.595. The van der Waals surface area contributed by atoms with Gasteiger partial charge < -0.3 is 0 Å². The lowest BCUT2D eigenvalue weighted by Gasteiger charge is -2.22. The second-order valence-electron chi connectivity index (χ2n) is 5.49. The Kier molecular flexibility index (Phi) is 6.28. The zero-order valence-corrected chi connectivity index (χ0v) is 17.0. The van der Waals surface area contributed by atoms with Gasteiger partial charge in [0.15, 0.2) is 5.78 Å². The average Bonchev–Trinajstić information content (AvgIpc) is 2.49. The van der Waals surface area contributed by atoms with Crippen molar-refractivity contribution in [1.82, 2.24) is 0 Å². The minimum absolute atomic E-state index is 0.142. The van der Waals surface area contributed by atoms with Gasteiger partial charge in [-0.05, 0) is 71.0 Å². The number of halogens is 2. The van der Waals surface area contributed by atoms with Gasteiger partial charge in [0.2, 0.25) is 10.0 Å². The van der Waals surface area contributed by atoms with Gasteiger partial charge in [0.25, 0.3) is 0 Å². The van der Waals surface area contributed by atoms with Gasteiger partial charge in [0.1, 0.15) is 0 Å². The quantitative estimate of drug-likeness (QED) is 0.594. The topological polar surface area (TPSA) is 54.5 Å². The highest BCUT2D eigenvalue weighted by molar-refractivity contribution is 14.1. The molecule has 0 aliphatic rings. The summed E-state index contributed by atoms with van der Waals surface area (Å²) < 4.78 is 26.3. The first-order chi connectivity index (χ1) is 11.2. The molecule has 24 heavy (non-hydrogen) atoms. The van der Waals surface area contributed by atoms with Gasteiger partial charge in [-0.2, -0.15) is 0 Å². The fourth-order valence-electron chi connectivity index (χ4n) is 2.28. The minimum Gasteiger partial charge on any atom is -0.297 e. The Balaban J connectivity index is 2.22. The first-order valence-corrected chi connectivity index (χ1v) is 10.5. The molecule has 0 fully saturated rings. The van der Waals surface area contributed by atoms with E-state index in [-0.39, 0.29) is 18.7 Å². The highest BCUT2D eigenvalue weighted by Crippen LogP contribution is 2.21. The van der Waals surface area contributed by atoms with Gasteiger partial charge in [-0.25, -0.2) is 8.42 Å². The lowest BCUT2D eigenvalue weighted by Crippen LogP contribution is -2.35. The molecule has 0 spiro atoms. The molecule has 0 radical (unpaired) electrons. The molecule has 4 nitrogen and oxygen atoms in total. The van der Waals surface area contributed by atoms with Crippen LogP contribution in [0.15, 0.2) is 42.5 Å². The Hall–Kier alpha value is -1.12. The summed E-state index contributed by atoms with van der Waals surface area (Å²) in [7, 11) is -3.55. The number of ketones is 1. The van der Waals surface area contributed by atoms with Gasteiger partial charge in [-0.3, -0.25) is 9.10 Å². The number of benzene rings is 2. The summed E-state index contributed by atoms with van der Waals surface area (Å²) in [5.74, 6) is -0.190. The van der Waals surface area contributed by atoms with Crippen molar-refractivity contribution in [2.75, 3.05) is 17.1 Å². The van der Waals surface area contributed by atoms with Crippen molar-refractivity contribution >= 4 is 55.7 Å². The summed E-state index contributed by atoms with van der Waals surface area (Å²) in [6, 6.07) is 12.4. The van der Waals surface area contributed by atoms with E-state index >= 15 is 0 Å². The van der Waals surface area contributed by atoms with Crippen molar-refractivity contribution in [3.63, 3.8) is 0 Å². The van der Waals surface area contributed by atoms with Crippen LogP contribution in [0.3, 0.4) is 0 Å². The molecule has 0 unspecified atom stereocenters. The Morgan fingerprint density at radius 2 is 1.79 bits per heavy atom. The molecule has 2 rings (SSSR count). The maximum atomic E-state index is 12.4. The van der Waals surface area contributed by atoms with E-state index in [1.54, 1.807) is 36.4 Å². The van der Waals surface area contributed by atoms with Crippen LogP contribution < -0.4 is 4.31 Å². The second-order valence-corrected chi connectivity index (χ2v) is 9.05. The van der Waals surface area contributed by atoms with E-state index in [0.717, 1.165) is 25.3 Å². The fraction of sp³-hybridized carbons (Fsp3) is 0.235. The molecule has 0 amide bonds. The average molecular weight is 478 g/mol. The number of Topliss-reactive ketones (excluding diaryl/α,β-unsaturated/α-hetero) is 1. The number of sulfonamides is 1. The summed E-state index contributed by atoms with van der Waals surface area (Å²) in [6.07, 6.45) is 1.24.